The van der Waals surface area contributed by atoms with Crippen molar-refractivity contribution in [1.29, 1.82) is 0 Å². The minimum Gasteiger partial charge on any atom is -0.393 e. The topological polar surface area (TPSA) is 60.9 Å². The summed E-state index contributed by atoms with van der Waals surface area (Å²) in [5, 5.41) is 12.2. The van der Waals surface area contributed by atoms with Crippen LogP contribution in [0.15, 0.2) is 60.7 Å². The Kier molecular flexibility index (Phi) is 2.92. The zero-order valence-electron chi connectivity index (χ0n) is 18.7. The Hall–Kier alpha value is -2.66. The molecule has 5 heteroatoms. The van der Waals surface area contributed by atoms with E-state index in [1.54, 1.807) is 60.7 Å². The molecule has 24 heavy (non-hydrogen) atoms. The van der Waals surface area contributed by atoms with E-state index in [9.17, 15) is 14.7 Å². The number of anilines is 2. The van der Waals surface area contributed by atoms with Crippen molar-refractivity contribution in [3.8, 4) is 0 Å². The van der Waals surface area contributed by atoms with Gasteiger partial charge in [0.15, 0.2) is 0 Å². The highest BCUT2D eigenvalue weighted by Gasteiger charge is 2.46. The van der Waals surface area contributed by atoms with E-state index in [0.29, 0.717) is 11.4 Å². The predicted molar refractivity (Wildman–Crippen MR) is 92.3 cm³/mol. The van der Waals surface area contributed by atoms with Gasteiger partial charge in [0.05, 0.1) is 18.8 Å². The molecule has 0 spiro atoms. The molecule has 124 valence electrons. The van der Waals surface area contributed by atoms with Gasteiger partial charge in [-0.1, -0.05) is 36.4 Å². The summed E-state index contributed by atoms with van der Waals surface area (Å²) in [5.41, 5.74) is 0.722. The quantitative estimate of drug-likeness (QED) is 0.858. The molecule has 2 aromatic rings. The van der Waals surface area contributed by atoms with Gasteiger partial charge in [0.25, 0.3) is 11.8 Å². The van der Waals surface area contributed by atoms with Crippen LogP contribution in [0.25, 0.3) is 0 Å². The minimum atomic E-state index is -3.50. The number of benzene rings is 2. The molecule has 3 rings (SSSR count). The van der Waals surface area contributed by atoms with E-state index in [4.69, 9.17) is 8.22 Å². The Balaban J connectivity index is 2.03. The molecule has 0 aliphatic carbocycles. The molecule has 1 heterocycles. The molecule has 1 N–H and O–H groups in total. The molecular weight excluding hydrogens is 304 g/mol. The van der Waals surface area contributed by atoms with Crippen molar-refractivity contribution >= 4 is 23.2 Å². The van der Waals surface area contributed by atoms with Gasteiger partial charge in [0.2, 0.25) is 0 Å². The maximum Gasteiger partial charge on any atom is 0.258 e. The lowest BCUT2D eigenvalue weighted by Crippen LogP contribution is -2.41. The zero-order chi connectivity index (χ0) is 22.3. The van der Waals surface area contributed by atoms with Crippen LogP contribution in [-0.4, -0.2) is 23.0 Å². The lowest BCUT2D eigenvalue weighted by atomic mass is 10.0. The van der Waals surface area contributed by atoms with Crippen molar-refractivity contribution < 1.29 is 22.9 Å². The van der Waals surface area contributed by atoms with Crippen molar-refractivity contribution in [3.05, 3.63) is 60.7 Å². The molecule has 0 bridgehead atoms. The van der Waals surface area contributed by atoms with Crippen LogP contribution in [-0.2, 0) is 9.59 Å². The van der Waals surface area contributed by atoms with Crippen LogP contribution in [0.5, 0.6) is 0 Å². The van der Waals surface area contributed by atoms with Crippen LogP contribution >= 0.6 is 0 Å². The van der Waals surface area contributed by atoms with Gasteiger partial charge in [0.1, 0.15) is 5.92 Å². The number of hydrazine groups is 1. The van der Waals surface area contributed by atoms with Crippen LogP contribution in [0.3, 0.4) is 0 Å². The van der Waals surface area contributed by atoms with Gasteiger partial charge < -0.3 is 5.11 Å². The molecule has 1 aliphatic rings. The number of hydrogen-bond acceptors (Lipinski definition) is 3. The third-order valence-corrected chi connectivity index (χ3v) is 3.69. The molecule has 0 radical (unpaired) electrons. The lowest BCUT2D eigenvalue weighted by Gasteiger charge is -2.27. The first kappa shape index (κ1) is 10.3. The third-order valence-electron chi connectivity index (χ3n) is 3.69. The SMILES string of the molecule is [2H]C([2H])([2H])C([2H])(O)C([2H])([2H])CC1C(=O)N(c2ccccc2)N(c2ccccc2)C1=O. The maximum atomic E-state index is 13.2. The van der Waals surface area contributed by atoms with Crippen LogP contribution in [0.1, 0.15) is 27.9 Å². The second-order valence-corrected chi connectivity index (χ2v) is 5.25. The largest absolute Gasteiger partial charge is 0.393 e. The summed E-state index contributed by atoms with van der Waals surface area (Å²) in [6.45, 7) is -3.38. The molecule has 5 nitrogen and oxygen atoms in total. The smallest absolute Gasteiger partial charge is 0.258 e. The summed E-state index contributed by atoms with van der Waals surface area (Å²) < 4.78 is 45.5. The Bertz CT molecular complexity index is 877. The fourth-order valence-electron chi connectivity index (χ4n) is 2.60. The average Bonchev–Trinajstić information content (AvgIpc) is 2.92. The van der Waals surface area contributed by atoms with E-state index >= 15 is 0 Å². The Morgan fingerprint density at radius 3 is 1.92 bits per heavy atom. The van der Waals surface area contributed by atoms with Gasteiger partial charge in [-0.05, 0) is 43.9 Å². The molecule has 1 saturated heterocycles. The maximum absolute atomic E-state index is 13.2. The highest BCUT2D eigenvalue weighted by atomic mass is 16.3. The van der Waals surface area contributed by atoms with Crippen molar-refractivity contribution in [2.45, 2.75) is 25.7 Å². The first-order valence-corrected chi connectivity index (χ1v) is 7.39. The number of nitrogens with zero attached hydrogens (tertiary/aromatic N) is 2. The molecule has 0 aromatic heterocycles. The third kappa shape index (κ3) is 3.03. The summed E-state index contributed by atoms with van der Waals surface area (Å²) in [6, 6.07) is 16.5. The van der Waals surface area contributed by atoms with E-state index < -0.39 is 43.5 Å². The summed E-state index contributed by atoms with van der Waals surface area (Å²) >= 11 is 0. The Morgan fingerprint density at radius 1 is 1.04 bits per heavy atom. The molecule has 2 aromatic carbocycles. The molecule has 1 unspecified atom stereocenters. The second-order valence-electron chi connectivity index (χ2n) is 5.25. The molecular formula is C19H20N2O3. The number of aliphatic hydroxyl groups is 1. The zero-order valence-corrected chi connectivity index (χ0v) is 12.7. The predicted octanol–water partition coefficient (Wildman–Crippen LogP) is 2.76. The Labute approximate surface area is 149 Å². The standard InChI is InChI=1S/C19H20N2O3/c1-14(22)12-13-17-18(23)20(15-8-4-2-5-9-15)21(19(17)24)16-10-6-3-7-11-16/h2-11,14,17,22H,12-13H2,1H3/i1D3,12D2,14D. The number of carbonyl (C=O) groups is 2. The summed E-state index contributed by atoms with van der Waals surface area (Å²) in [6.07, 6.45) is -7.53. The van der Waals surface area contributed by atoms with Gasteiger partial charge in [-0.25, -0.2) is 10.0 Å². The molecule has 0 saturated carbocycles. The van der Waals surface area contributed by atoms with Gasteiger partial charge in [-0.3, -0.25) is 9.59 Å². The monoisotopic (exact) mass is 330 g/mol. The molecule has 1 fully saturated rings. The first-order chi connectivity index (χ1) is 13.9. The Morgan fingerprint density at radius 2 is 1.50 bits per heavy atom. The van der Waals surface area contributed by atoms with E-state index in [1.165, 1.54) is 0 Å². The molecule has 2 amide bonds. The van der Waals surface area contributed by atoms with Crippen LogP contribution in [0.2, 0.25) is 0 Å². The van der Waals surface area contributed by atoms with E-state index in [1.807, 2.05) is 0 Å². The van der Waals surface area contributed by atoms with Crippen molar-refractivity contribution in [1.82, 2.24) is 0 Å². The van der Waals surface area contributed by atoms with Crippen LogP contribution < -0.4 is 10.0 Å². The summed E-state index contributed by atoms with van der Waals surface area (Å²) in [5.74, 6) is -3.17. The minimum absolute atomic E-state index is 0.361. The normalized spacial score (nSPS) is 22.9. The molecule has 1 aliphatic heterocycles. The fraction of sp³-hybridized carbons (Fsp3) is 0.263. The van der Waals surface area contributed by atoms with E-state index in [2.05, 4.69) is 0 Å². The highest BCUT2D eigenvalue weighted by Crippen LogP contribution is 2.33. The van der Waals surface area contributed by atoms with Gasteiger partial charge in [-0.2, -0.15) is 0 Å². The second kappa shape index (κ2) is 6.84. The summed E-state index contributed by atoms with van der Waals surface area (Å²) in [7, 11) is 0. The fourth-order valence-corrected chi connectivity index (χ4v) is 2.60. The number of amides is 2. The number of carbonyl (C=O) groups excluding carboxylic acids is 2. The van der Waals surface area contributed by atoms with Gasteiger partial charge in [0, 0.05) is 6.85 Å². The van der Waals surface area contributed by atoms with Crippen molar-refractivity contribution in [2.24, 2.45) is 5.92 Å². The average molecular weight is 330 g/mol. The molecule has 1 atom stereocenters. The number of hydrogen-bond donors (Lipinski definition) is 1. The lowest BCUT2D eigenvalue weighted by molar-refractivity contribution is -0.127. The highest BCUT2D eigenvalue weighted by molar-refractivity contribution is 6.22. The summed E-state index contributed by atoms with van der Waals surface area (Å²) in [4.78, 5) is 26.3. The van der Waals surface area contributed by atoms with Crippen molar-refractivity contribution in [2.75, 3.05) is 10.0 Å². The van der Waals surface area contributed by atoms with Crippen LogP contribution in [0.4, 0.5) is 11.4 Å². The van der Waals surface area contributed by atoms with Gasteiger partial charge in [-0.15, -0.1) is 0 Å². The number of para-hydroxylation sites is 2. The van der Waals surface area contributed by atoms with Gasteiger partial charge >= 0.3 is 0 Å². The van der Waals surface area contributed by atoms with Crippen molar-refractivity contribution in [3.63, 3.8) is 0 Å². The van der Waals surface area contributed by atoms with Crippen LogP contribution in [0, 0.1) is 5.92 Å². The van der Waals surface area contributed by atoms with E-state index in [0.717, 1.165) is 10.0 Å². The van der Waals surface area contributed by atoms with E-state index in [-0.39, 0.29) is 0 Å². The first-order valence-electron chi connectivity index (χ1n) is 10.4. The number of rotatable bonds is 5.